The van der Waals surface area contributed by atoms with Crippen LogP contribution in [0.4, 0.5) is 0 Å². The topological polar surface area (TPSA) is 81.7 Å². The number of carbonyl (C=O) groups excluding carboxylic acids is 2. The summed E-state index contributed by atoms with van der Waals surface area (Å²) in [5.74, 6) is -0.437. The van der Waals surface area contributed by atoms with Crippen molar-refractivity contribution in [2.75, 3.05) is 19.6 Å². The Balaban J connectivity index is 1.92. The summed E-state index contributed by atoms with van der Waals surface area (Å²) in [7, 11) is 0. The van der Waals surface area contributed by atoms with Crippen molar-refractivity contribution >= 4 is 11.8 Å². The molecular weight excluding hydrogens is 306 g/mol. The number of imide groups is 1. The van der Waals surface area contributed by atoms with E-state index in [-0.39, 0.29) is 11.8 Å². The van der Waals surface area contributed by atoms with Crippen molar-refractivity contribution in [3.05, 3.63) is 12.2 Å². The van der Waals surface area contributed by atoms with Gasteiger partial charge < -0.3 is 5.11 Å². The van der Waals surface area contributed by atoms with E-state index < -0.39 is 6.35 Å². The lowest BCUT2D eigenvalue weighted by molar-refractivity contribution is -0.136. The summed E-state index contributed by atoms with van der Waals surface area (Å²) in [5.41, 5.74) is 0.372. The number of amides is 2. The second kappa shape index (κ2) is 10.6. The van der Waals surface area contributed by atoms with Gasteiger partial charge in [-0.15, -0.1) is 0 Å². The Hall–Kier alpha value is -1.24. The molecule has 0 fully saturated rings. The minimum absolute atomic E-state index is 0.218. The molecule has 0 aliphatic carbocycles. The fourth-order valence-corrected chi connectivity index (χ4v) is 2.55. The van der Waals surface area contributed by atoms with Gasteiger partial charge in [-0.3, -0.25) is 25.1 Å². The van der Waals surface area contributed by atoms with Crippen LogP contribution in [0, 0.1) is 5.41 Å². The lowest BCUT2D eigenvalue weighted by Crippen LogP contribution is -2.42. The van der Waals surface area contributed by atoms with Crippen LogP contribution in [0.15, 0.2) is 12.2 Å². The second-order valence-corrected chi connectivity index (χ2v) is 7.55. The summed E-state index contributed by atoms with van der Waals surface area (Å²) >= 11 is 0. The highest BCUT2D eigenvalue weighted by atomic mass is 16.3. The maximum atomic E-state index is 11.4. The quantitative estimate of drug-likeness (QED) is 0.287. The predicted octanol–water partition coefficient (Wildman–Crippen LogP) is 1.75. The molecule has 0 radical (unpaired) electrons. The number of rotatable bonds is 12. The molecule has 3 N–H and O–H groups in total. The van der Waals surface area contributed by atoms with E-state index >= 15 is 0 Å². The molecule has 138 valence electrons. The van der Waals surface area contributed by atoms with Crippen molar-refractivity contribution in [2.45, 2.75) is 65.6 Å². The normalized spacial score (nSPS) is 16.2. The SMILES string of the molecule is CC(C)(C)CCCCNC(O)NCCCCCN1C(=O)C=CC1=O. The molecule has 1 aliphatic heterocycles. The number of hydrogen-bond acceptors (Lipinski definition) is 5. The predicted molar refractivity (Wildman–Crippen MR) is 95.0 cm³/mol. The van der Waals surface area contributed by atoms with Gasteiger partial charge in [0.1, 0.15) is 0 Å². The summed E-state index contributed by atoms with van der Waals surface area (Å²) in [4.78, 5) is 24.0. The number of hydrogen-bond donors (Lipinski definition) is 3. The summed E-state index contributed by atoms with van der Waals surface area (Å²) in [6.45, 7) is 8.70. The van der Waals surface area contributed by atoms with Gasteiger partial charge in [0.2, 0.25) is 0 Å². The fourth-order valence-electron chi connectivity index (χ4n) is 2.55. The van der Waals surface area contributed by atoms with Crippen LogP contribution >= 0.6 is 0 Å². The van der Waals surface area contributed by atoms with Crippen LogP contribution in [0.2, 0.25) is 0 Å². The Labute approximate surface area is 145 Å². The molecule has 6 heteroatoms. The average Bonchev–Trinajstić information content (AvgIpc) is 2.80. The fraction of sp³-hybridized carbons (Fsp3) is 0.778. The Morgan fingerprint density at radius 3 is 2.04 bits per heavy atom. The molecule has 1 aliphatic rings. The molecule has 0 aromatic carbocycles. The molecule has 0 saturated carbocycles. The van der Waals surface area contributed by atoms with Gasteiger partial charge in [-0.1, -0.05) is 33.6 Å². The number of aliphatic hydroxyl groups is 1. The average molecular weight is 339 g/mol. The third-order valence-electron chi connectivity index (χ3n) is 3.99. The number of unbranched alkanes of at least 4 members (excludes halogenated alkanes) is 3. The number of nitrogens with zero attached hydrogens (tertiary/aromatic N) is 1. The minimum Gasteiger partial charge on any atom is -0.365 e. The number of aliphatic hydroxyl groups excluding tert-OH is 1. The van der Waals surface area contributed by atoms with Crippen molar-refractivity contribution < 1.29 is 14.7 Å². The molecule has 0 bridgehead atoms. The van der Waals surface area contributed by atoms with E-state index in [2.05, 4.69) is 31.4 Å². The van der Waals surface area contributed by atoms with Gasteiger partial charge in [0.15, 0.2) is 6.35 Å². The molecular formula is C18H33N3O3. The van der Waals surface area contributed by atoms with Gasteiger partial charge in [0.05, 0.1) is 0 Å². The van der Waals surface area contributed by atoms with E-state index in [1.165, 1.54) is 23.5 Å². The molecule has 1 rings (SSSR count). The lowest BCUT2D eigenvalue weighted by atomic mass is 9.90. The van der Waals surface area contributed by atoms with Crippen LogP contribution in [-0.2, 0) is 9.59 Å². The first-order chi connectivity index (χ1) is 11.3. The second-order valence-electron chi connectivity index (χ2n) is 7.55. The van der Waals surface area contributed by atoms with Gasteiger partial charge in [0.25, 0.3) is 11.8 Å². The van der Waals surface area contributed by atoms with E-state index in [1.54, 1.807) is 0 Å². The van der Waals surface area contributed by atoms with Crippen molar-refractivity contribution in [1.29, 1.82) is 0 Å². The zero-order valence-corrected chi connectivity index (χ0v) is 15.3. The summed E-state index contributed by atoms with van der Waals surface area (Å²) in [6, 6.07) is 0. The van der Waals surface area contributed by atoms with Gasteiger partial charge in [-0.25, -0.2) is 0 Å². The number of carbonyl (C=O) groups is 2. The van der Waals surface area contributed by atoms with Crippen molar-refractivity contribution in [1.82, 2.24) is 15.5 Å². The summed E-state index contributed by atoms with van der Waals surface area (Å²) < 4.78 is 0. The van der Waals surface area contributed by atoms with Gasteiger partial charge in [-0.05, 0) is 44.2 Å². The molecule has 0 aromatic heterocycles. The summed E-state index contributed by atoms with van der Waals surface area (Å²) in [5, 5.41) is 15.9. The maximum absolute atomic E-state index is 11.4. The van der Waals surface area contributed by atoms with Crippen LogP contribution in [0.3, 0.4) is 0 Å². The van der Waals surface area contributed by atoms with E-state index in [0.717, 1.165) is 38.6 Å². The lowest BCUT2D eigenvalue weighted by Gasteiger charge is -2.18. The van der Waals surface area contributed by atoms with Gasteiger partial charge in [-0.2, -0.15) is 0 Å². The maximum Gasteiger partial charge on any atom is 0.253 e. The minimum atomic E-state index is -0.675. The molecule has 24 heavy (non-hydrogen) atoms. The van der Waals surface area contributed by atoms with E-state index in [9.17, 15) is 14.7 Å². The third-order valence-corrected chi connectivity index (χ3v) is 3.99. The highest BCUT2D eigenvalue weighted by molar-refractivity contribution is 6.12. The van der Waals surface area contributed by atoms with Gasteiger partial charge in [0, 0.05) is 18.7 Å². The third kappa shape index (κ3) is 9.15. The first kappa shape index (κ1) is 20.8. The van der Waals surface area contributed by atoms with Crippen LogP contribution in [0.5, 0.6) is 0 Å². The Bertz CT molecular complexity index is 412. The highest BCUT2D eigenvalue weighted by Gasteiger charge is 2.22. The van der Waals surface area contributed by atoms with Crippen LogP contribution in [0.1, 0.15) is 59.3 Å². The summed E-state index contributed by atoms with van der Waals surface area (Å²) in [6.07, 6.45) is 7.95. The van der Waals surface area contributed by atoms with Crippen molar-refractivity contribution in [3.63, 3.8) is 0 Å². The smallest absolute Gasteiger partial charge is 0.253 e. The zero-order chi connectivity index (χ0) is 18.0. The monoisotopic (exact) mass is 339 g/mol. The highest BCUT2D eigenvalue weighted by Crippen LogP contribution is 2.21. The molecule has 0 spiro atoms. The van der Waals surface area contributed by atoms with Crippen molar-refractivity contribution in [3.8, 4) is 0 Å². The Morgan fingerprint density at radius 1 is 0.958 bits per heavy atom. The largest absolute Gasteiger partial charge is 0.365 e. The number of nitrogens with one attached hydrogen (secondary N) is 2. The van der Waals surface area contributed by atoms with E-state index in [1.807, 2.05) is 0 Å². The molecule has 2 amide bonds. The Morgan fingerprint density at radius 2 is 1.50 bits per heavy atom. The van der Waals surface area contributed by atoms with E-state index in [4.69, 9.17) is 0 Å². The molecule has 1 unspecified atom stereocenters. The zero-order valence-electron chi connectivity index (χ0n) is 15.3. The molecule has 1 atom stereocenters. The molecule has 0 saturated heterocycles. The first-order valence-electron chi connectivity index (χ1n) is 8.98. The van der Waals surface area contributed by atoms with Crippen LogP contribution in [0.25, 0.3) is 0 Å². The molecule has 1 heterocycles. The van der Waals surface area contributed by atoms with Gasteiger partial charge >= 0.3 is 0 Å². The molecule has 6 nitrogen and oxygen atoms in total. The van der Waals surface area contributed by atoms with Crippen molar-refractivity contribution in [2.24, 2.45) is 5.41 Å². The Kier molecular flexibility index (Phi) is 9.18. The first-order valence-corrected chi connectivity index (χ1v) is 8.98. The molecule has 0 aromatic rings. The van der Waals surface area contributed by atoms with Crippen LogP contribution < -0.4 is 10.6 Å². The van der Waals surface area contributed by atoms with Crippen LogP contribution in [-0.4, -0.2) is 47.8 Å². The van der Waals surface area contributed by atoms with E-state index in [0.29, 0.717) is 18.5 Å². The standard InChI is InChI=1S/C18H33N3O3/c1-18(2,3)11-5-7-13-20-17(24)19-12-6-4-8-14-21-15(22)9-10-16(21)23/h9-10,17,19-20,24H,4-8,11-14H2,1-3H3.